The lowest BCUT2D eigenvalue weighted by Crippen LogP contribution is -2.14. The second-order valence-electron chi connectivity index (χ2n) is 7.79. The van der Waals surface area contributed by atoms with Crippen LogP contribution < -0.4 is 0 Å². The Hall–Kier alpha value is -2.86. The second-order valence-corrected chi connectivity index (χ2v) is 7.79. The summed E-state index contributed by atoms with van der Waals surface area (Å²) in [6.45, 7) is 6.81. The lowest BCUT2D eigenvalue weighted by Gasteiger charge is -2.21. The SMILES string of the molecule is CC/C=C/c1ccc(/C=C/c2ccc3c(c2)C(C)(C)c2ccccc2-3)cc1. The van der Waals surface area contributed by atoms with Crippen LogP contribution in [0.15, 0.2) is 72.8 Å². The summed E-state index contributed by atoms with van der Waals surface area (Å²) in [5, 5.41) is 0. The highest BCUT2D eigenvalue weighted by Gasteiger charge is 2.34. The summed E-state index contributed by atoms with van der Waals surface area (Å²) in [6, 6.07) is 24.4. The minimum Gasteiger partial charge on any atom is -0.0842 e. The van der Waals surface area contributed by atoms with Gasteiger partial charge < -0.3 is 0 Å². The van der Waals surface area contributed by atoms with Crippen molar-refractivity contribution < 1.29 is 0 Å². The molecule has 0 heterocycles. The van der Waals surface area contributed by atoms with E-state index in [1.54, 1.807) is 0 Å². The van der Waals surface area contributed by atoms with Crippen molar-refractivity contribution in [2.24, 2.45) is 0 Å². The number of allylic oxidation sites excluding steroid dienone is 1. The van der Waals surface area contributed by atoms with Crippen LogP contribution in [0.2, 0.25) is 0 Å². The summed E-state index contributed by atoms with van der Waals surface area (Å²) in [5.41, 5.74) is 9.40. The standard InChI is InChI=1S/C27H26/c1-4-5-8-20-11-13-21(14-12-20)15-16-22-17-18-24-23-9-6-7-10-25(23)27(2,3)26(24)19-22/h5-19H,4H2,1-3H3/b8-5+,16-15+. The molecule has 0 aliphatic heterocycles. The Labute approximate surface area is 162 Å². The highest BCUT2D eigenvalue weighted by atomic mass is 14.4. The van der Waals surface area contributed by atoms with Crippen LogP contribution in [0, 0.1) is 0 Å². The van der Waals surface area contributed by atoms with Crippen LogP contribution in [0.3, 0.4) is 0 Å². The van der Waals surface area contributed by atoms with Crippen molar-refractivity contribution >= 4 is 18.2 Å². The fourth-order valence-electron chi connectivity index (χ4n) is 3.99. The molecule has 0 fully saturated rings. The van der Waals surface area contributed by atoms with Crippen LogP contribution in [-0.4, -0.2) is 0 Å². The average molecular weight is 351 g/mol. The Morgan fingerprint density at radius 3 is 2.00 bits per heavy atom. The monoisotopic (exact) mass is 350 g/mol. The highest BCUT2D eigenvalue weighted by Crippen LogP contribution is 2.48. The number of fused-ring (bicyclic) bond motifs is 3. The maximum Gasteiger partial charge on any atom is 0.0159 e. The van der Waals surface area contributed by atoms with Gasteiger partial charge in [-0.2, -0.15) is 0 Å². The quantitative estimate of drug-likeness (QED) is 0.425. The number of benzene rings is 3. The van der Waals surface area contributed by atoms with E-state index in [0.29, 0.717) is 0 Å². The molecular formula is C27H26. The predicted molar refractivity (Wildman–Crippen MR) is 119 cm³/mol. The average Bonchev–Trinajstić information content (AvgIpc) is 2.93. The molecule has 1 aliphatic carbocycles. The highest BCUT2D eigenvalue weighted by molar-refractivity contribution is 5.82. The molecule has 0 nitrogen and oxygen atoms in total. The van der Waals surface area contributed by atoms with E-state index in [1.807, 2.05) is 0 Å². The molecule has 0 aromatic heterocycles. The largest absolute Gasteiger partial charge is 0.0842 e. The zero-order chi connectivity index (χ0) is 18.9. The molecule has 27 heavy (non-hydrogen) atoms. The van der Waals surface area contributed by atoms with E-state index in [4.69, 9.17) is 0 Å². The predicted octanol–water partition coefficient (Wildman–Crippen LogP) is 7.59. The smallest absolute Gasteiger partial charge is 0.0159 e. The Morgan fingerprint density at radius 1 is 0.667 bits per heavy atom. The summed E-state index contributed by atoms with van der Waals surface area (Å²) in [7, 11) is 0. The Kier molecular flexibility index (Phi) is 4.58. The first-order valence-electron chi connectivity index (χ1n) is 9.78. The topological polar surface area (TPSA) is 0 Å². The summed E-state index contributed by atoms with van der Waals surface area (Å²) in [6.07, 6.45) is 9.85. The van der Waals surface area contributed by atoms with Crippen LogP contribution >= 0.6 is 0 Å². The molecule has 3 aromatic carbocycles. The van der Waals surface area contributed by atoms with Gasteiger partial charge in [-0.1, -0.05) is 112 Å². The molecule has 0 bridgehead atoms. The van der Waals surface area contributed by atoms with E-state index < -0.39 is 0 Å². The third-order valence-corrected chi connectivity index (χ3v) is 5.56. The Bertz CT molecular complexity index is 1010. The van der Waals surface area contributed by atoms with Crippen molar-refractivity contribution in [3.8, 4) is 11.1 Å². The van der Waals surface area contributed by atoms with Gasteiger partial charge in [0, 0.05) is 5.41 Å². The Balaban J connectivity index is 1.61. The third-order valence-electron chi connectivity index (χ3n) is 5.56. The van der Waals surface area contributed by atoms with Gasteiger partial charge in [-0.15, -0.1) is 0 Å². The van der Waals surface area contributed by atoms with Crippen LogP contribution in [0.25, 0.3) is 29.4 Å². The number of hydrogen-bond acceptors (Lipinski definition) is 0. The Morgan fingerprint density at radius 2 is 1.26 bits per heavy atom. The van der Waals surface area contributed by atoms with Crippen molar-refractivity contribution in [1.29, 1.82) is 0 Å². The lowest BCUT2D eigenvalue weighted by atomic mass is 9.82. The van der Waals surface area contributed by atoms with Crippen LogP contribution in [0.4, 0.5) is 0 Å². The van der Waals surface area contributed by atoms with Gasteiger partial charge in [0.1, 0.15) is 0 Å². The van der Waals surface area contributed by atoms with Gasteiger partial charge in [0.15, 0.2) is 0 Å². The van der Waals surface area contributed by atoms with E-state index in [0.717, 1.165) is 6.42 Å². The minimum atomic E-state index is 0.0586. The molecule has 3 aromatic rings. The van der Waals surface area contributed by atoms with E-state index in [1.165, 1.54) is 38.9 Å². The van der Waals surface area contributed by atoms with Crippen molar-refractivity contribution in [2.75, 3.05) is 0 Å². The van der Waals surface area contributed by atoms with Crippen molar-refractivity contribution in [3.05, 3.63) is 101 Å². The molecule has 0 saturated heterocycles. The van der Waals surface area contributed by atoms with Crippen LogP contribution in [0.1, 0.15) is 55.0 Å². The van der Waals surface area contributed by atoms with Crippen LogP contribution in [0.5, 0.6) is 0 Å². The molecule has 134 valence electrons. The molecule has 0 N–H and O–H groups in total. The van der Waals surface area contributed by atoms with Gasteiger partial charge >= 0.3 is 0 Å². The van der Waals surface area contributed by atoms with E-state index in [9.17, 15) is 0 Å². The first kappa shape index (κ1) is 17.5. The second kappa shape index (κ2) is 7.04. The molecule has 0 amide bonds. The van der Waals surface area contributed by atoms with Gasteiger partial charge in [0.25, 0.3) is 0 Å². The van der Waals surface area contributed by atoms with Gasteiger partial charge in [0.05, 0.1) is 0 Å². The van der Waals surface area contributed by atoms with Gasteiger partial charge in [-0.3, -0.25) is 0 Å². The summed E-state index contributed by atoms with van der Waals surface area (Å²) >= 11 is 0. The van der Waals surface area contributed by atoms with Gasteiger partial charge in [0.2, 0.25) is 0 Å². The molecule has 0 spiro atoms. The summed E-state index contributed by atoms with van der Waals surface area (Å²) < 4.78 is 0. The molecule has 1 aliphatic rings. The van der Waals surface area contributed by atoms with Gasteiger partial charge in [-0.25, -0.2) is 0 Å². The zero-order valence-corrected chi connectivity index (χ0v) is 16.4. The molecular weight excluding hydrogens is 324 g/mol. The first-order valence-corrected chi connectivity index (χ1v) is 9.78. The van der Waals surface area contributed by atoms with Gasteiger partial charge in [-0.05, 0) is 45.4 Å². The minimum absolute atomic E-state index is 0.0586. The summed E-state index contributed by atoms with van der Waals surface area (Å²) in [4.78, 5) is 0. The third kappa shape index (κ3) is 3.28. The number of rotatable bonds is 4. The van der Waals surface area contributed by atoms with Crippen molar-refractivity contribution in [1.82, 2.24) is 0 Å². The van der Waals surface area contributed by atoms with E-state index in [-0.39, 0.29) is 5.41 Å². The molecule has 0 saturated carbocycles. The maximum atomic E-state index is 2.35. The zero-order valence-electron chi connectivity index (χ0n) is 16.4. The fraction of sp³-hybridized carbons (Fsp3) is 0.185. The van der Waals surface area contributed by atoms with Crippen molar-refractivity contribution in [3.63, 3.8) is 0 Å². The molecule has 4 rings (SSSR count). The summed E-state index contributed by atoms with van der Waals surface area (Å²) in [5.74, 6) is 0. The maximum absolute atomic E-state index is 2.35. The number of hydrogen-bond donors (Lipinski definition) is 0. The van der Waals surface area contributed by atoms with E-state index >= 15 is 0 Å². The molecule has 0 radical (unpaired) electrons. The molecule has 0 heteroatoms. The normalized spacial score (nSPS) is 14.6. The fourth-order valence-corrected chi connectivity index (χ4v) is 3.99. The molecule has 0 unspecified atom stereocenters. The van der Waals surface area contributed by atoms with E-state index in [2.05, 4.69) is 112 Å². The first-order chi connectivity index (χ1) is 13.1. The van der Waals surface area contributed by atoms with Crippen LogP contribution in [-0.2, 0) is 5.41 Å². The molecule has 0 atom stereocenters. The lowest BCUT2D eigenvalue weighted by molar-refractivity contribution is 0.660. The van der Waals surface area contributed by atoms with Crippen molar-refractivity contribution in [2.45, 2.75) is 32.6 Å².